The lowest BCUT2D eigenvalue weighted by Crippen LogP contribution is -2.15. The number of nitrogens with zero attached hydrogens (tertiary/aromatic N) is 2. The van der Waals surface area contributed by atoms with Gasteiger partial charge in [-0.15, -0.1) is 22.7 Å². The number of carbonyl (C=O) groups excluding carboxylic acids is 2. The number of nitrogens with two attached hydrogens (primary N) is 1. The van der Waals surface area contributed by atoms with Crippen LogP contribution in [-0.4, -0.2) is 21.8 Å². The molecule has 0 aliphatic carbocycles. The normalized spacial score (nSPS) is 10.1. The summed E-state index contributed by atoms with van der Waals surface area (Å²) in [6, 6.07) is 0. The Balaban J connectivity index is 1.96. The molecule has 0 saturated carbocycles. The van der Waals surface area contributed by atoms with E-state index in [1.807, 2.05) is 0 Å². The molecule has 6 nitrogen and oxygen atoms in total. The Bertz CT molecular complexity index is 535. The first-order chi connectivity index (χ1) is 8.15. The molecule has 0 spiro atoms. The molecule has 0 atom stereocenters. The standard InChI is InChI=1S/C9H8N4O2S2/c10-8(15)6-3-17-9(12-6)13-7(14)1-5-2-16-4-11-5/h2-4H,1H2,(H2,10,15)(H,12,13,14). The second kappa shape index (κ2) is 5.02. The molecule has 0 aliphatic rings. The first-order valence-electron chi connectivity index (χ1n) is 4.57. The van der Waals surface area contributed by atoms with Gasteiger partial charge < -0.3 is 11.1 Å². The van der Waals surface area contributed by atoms with Gasteiger partial charge in [-0.05, 0) is 0 Å². The molecule has 0 aliphatic heterocycles. The molecule has 0 bridgehead atoms. The van der Waals surface area contributed by atoms with Gasteiger partial charge in [0.25, 0.3) is 5.91 Å². The zero-order valence-corrected chi connectivity index (χ0v) is 10.2. The highest BCUT2D eigenvalue weighted by Gasteiger charge is 2.10. The van der Waals surface area contributed by atoms with Crippen LogP contribution < -0.4 is 11.1 Å². The molecule has 2 aromatic rings. The van der Waals surface area contributed by atoms with Crippen LogP contribution in [0.15, 0.2) is 16.3 Å². The van der Waals surface area contributed by atoms with Crippen molar-refractivity contribution in [2.75, 3.05) is 5.32 Å². The van der Waals surface area contributed by atoms with E-state index in [1.165, 1.54) is 16.7 Å². The number of nitrogens with one attached hydrogen (secondary N) is 1. The third-order valence-corrected chi connectivity index (χ3v) is 3.22. The Labute approximate surface area is 105 Å². The molecule has 88 valence electrons. The van der Waals surface area contributed by atoms with E-state index in [9.17, 15) is 9.59 Å². The molecular weight excluding hydrogens is 260 g/mol. The number of hydrogen-bond donors (Lipinski definition) is 2. The Hall–Kier alpha value is -1.80. The SMILES string of the molecule is NC(=O)c1csc(NC(=O)Cc2cscn2)n1. The van der Waals surface area contributed by atoms with Crippen LogP contribution >= 0.6 is 22.7 Å². The minimum atomic E-state index is -0.610. The topological polar surface area (TPSA) is 98.0 Å². The van der Waals surface area contributed by atoms with Gasteiger partial charge in [0.05, 0.1) is 17.6 Å². The smallest absolute Gasteiger partial charge is 0.268 e. The fourth-order valence-electron chi connectivity index (χ4n) is 1.10. The molecular formula is C9H8N4O2S2. The fourth-order valence-corrected chi connectivity index (χ4v) is 2.37. The number of rotatable bonds is 4. The van der Waals surface area contributed by atoms with E-state index in [2.05, 4.69) is 15.3 Å². The Morgan fingerprint density at radius 1 is 1.41 bits per heavy atom. The molecule has 0 saturated heterocycles. The van der Waals surface area contributed by atoms with Crippen LogP contribution in [0.4, 0.5) is 5.13 Å². The van der Waals surface area contributed by atoms with Crippen LogP contribution in [0.2, 0.25) is 0 Å². The maximum absolute atomic E-state index is 11.6. The van der Waals surface area contributed by atoms with Crippen molar-refractivity contribution in [2.45, 2.75) is 6.42 Å². The number of carbonyl (C=O) groups is 2. The summed E-state index contributed by atoms with van der Waals surface area (Å²) in [6.07, 6.45) is 0.189. The van der Waals surface area contributed by atoms with Crippen LogP contribution in [0.1, 0.15) is 16.2 Å². The van der Waals surface area contributed by atoms with Gasteiger partial charge in [0.15, 0.2) is 5.13 Å². The highest BCUT2D eigenvalue weighted by molar-refractivity contribution is 7.14. The highest BCUT2D eigenvalue weighted by atomic mass is 32.1. The van der Waals surface area contributed by atoms with Crippen molar-refractivity contribution in [3.8, 4) is 0 Å². The summed E-state index contributed by atoms with van der Waals surface area (Å²) in [5.74, 6) is -0.831. The van der Waals surface area contributed by atoms with Crippen molar-refractivity contribution in [3.63, 3.8) is 0 Å². The number of hydrogen-bond acceptors (Lipinski definition) is 6. The zero-order valence-electron chi connectivity index (χ0n) is 8.54. The number of anilines is 1. The van der Waals surface area contributed by atoms with Crippen LogP contribution in [0.3, 0.4) is 0 Å². The molecule has 0 radical (unpaired) electrons. The summed E-state index contributed by atoms with van der Waals surface area (Å²) in [7, 11) is 0. The third kappa shape index (κ3) is 3.08. The van der Waals surface area contributed by atoms with Gasteiger partial charge in [0.1, 0.15) is 5.69 Å². The van der Waals surface area contributed by atoms with E-state index >= 15 is 0 Å². The van der Waals surface area contributed by atoms with Gasteiger partial charge in [-0.3, -0.25) is 9.59 Å². The van der Waals surface area contributed by atoms with Crippen molar-refractivity contribution in [3.05, 3.63) is 27.7 Å². The Morgan fingerprint density at radius 2 is 2.24 bits per heavy atom. The zero-order chi connectivity index (χ0) is 12.3. The van der Waals surface area contributed by atoms with Crippen LogP contribution in [-0.2, 0) is 11.2 Å². The summed E-state index contributed by atoms with van der Waals surface area (Å²) in [5, 5.41) is 6.24. The van der Waals surface area contributed by atoms with Crippen LogP contribution in [0, 0.1) is 0 Å². The maximum atomic E-state index is 11.6. The molecule has 2 amide bonds. The minimum Gasteiger partial charge on any atom is -0.364 e. The van der Waals surface area contributed by atoms with Gasteiger partial charge in [-0.1, -0.05) is 0 Å². The first-order valence-corrected chi connectivity index (χ1v) is 6.39. The second-order valence-electron chi connectivity index (χ2n) is 3.11. The number of amides is 2. The van der Waals surface area contributed by atoms with Crippen molar-refractivity contribution in [2.24, 2.45) is 5.73 Å². The largest absolute Gasteiger partial charge is 0.364 e. The summed E-state index contributed by atoms with van der Waals surface area (Å²) < 4.78 is 0. The lowest BCUT2D eigenvalue weighted by atomic mass is 10.3. The fraction of sp³-hybridized carbons (Fsp3) is 0.111. The number of primary amides is 1. The molecule has 17 heavy (non-hydrogen) atoms. The Morgan fingerprint density at radius 3 is 2.82 bits per heavy atom. The van der Waals surface area contributed by atoms with Gasteiger partial charge in [-0.25, -0.2) is 9.97 Å². The summed E-state index contributed by atoms with van der Waals surface area (Å²) >= 11 is 2.59. The number of aromatic nitrogens is 2. The van der Waals surface area contributed by atoms with Crippen molar-refractivity contribution in [1.29, 1.82) is 0 Å². The lowest BCUT2D eigenvalue weighted by molar-refractivity contribution is -0.115. The van der Waals surface area contributed by atoms with Crippen molar-refractivity contribution in [1.82, 2.24) is 9.97 Å². The quantitative estimate of drug-likeness (QED) is 0.860. The summed E-state index contributed by atoms with van der Waals surface area (Å²) in [4.78, 5) is 30.2. The van der Waals surface area contributed by atoms with E-state index < -0.39 is 5.91 Å². The van der Waals surface area contributed by atoms with Gasteiger partial charge in [0, 0.05) is 10.8 Å². The summed E-state index contributed by atoms with van der Waals surface area (Å²) in [5.41, 5.74) is 7.57. The molecule has 8 heteroatoms. The highest BCUT2D eigenvalue weighted by Crippen LogP contribution is 2.15. The van der Waals surface area contributed by atoms with E-state index in [-0.39, 0.29) is 18.0 Å². The summed E-state index contributed by atoms with van der Waals surface area (Å²) in [6.45, 7) is 0. The van der Waals surface area contributed by atoms with E-state index in [4.69, 9.17) is 5.73 Å². The van der Waals surface area contributed by atoms with Crippen molar-refractivity contribution < 1.29 is 9.59 Å². The van der Waals surface area contributed by atoms with Gasteiger partial charge >= 0.3 is 0 Å². The average Bonchev–Trinajstić information content (AvgIpc) is 2.88. The van der Waals surface area contributed by atoms with Crippen LogP contribution in [0.25, 0.3) is 0 Å². The molecule has 2 rings (SSSR count). The molecule has 0 aromatic carbocycles. The molecule has 2 aromatic heterocycles. The number of thiazole rings is 2. The van der Waals surface area contributed by atoms with E-state index in [0.717, 1.165) is 11.3 Å². The van der Waals surface area contributed by atoms with Gasteiger partial charge in [0.2, 0.25) is 5.91 Å². The monoisotopic (exact) mass is 268 g/mol. The molecule has 0 fully saturated rings. The Kier molecular flexibility index (Phi) is 3.45. The average molecular weight is 268 g/mol. The molecule has 2 heterocycles. The predicted molar refractivity (Wildman–Crippen MR) is 65.1 cm³/mol. The van der Waals surface area contributed by atoms with E-state index in [0.29, 0.717) is 10.8 Å². The molecule has 0 unspecified atom stereocenters. The van der Waals surface area contributed by atoms with Gasteiger partial charge in [-0.2, -0.15) is 0 Å². The second-order valence-corrected chi connectivity index (χ2v) is 4.68. The van der Waals surface area contributed by atoms with Crippen LogP contribution in [0.5, 0.6) is 0 Å². The maximum Gasteiger partial charge on any atom is 0.268 e. The first kappa shape index (κ1) is 11.7. The molecule has 3 N–H and O–H groups in total. The third-order valence-electron chi connectivity index (χ3n) is 1.83. The lowest BCUT2D eigenvalue weighted by Gasteiger charge is -1.98. The minimum absolute atomic E-state index is 0.152. The van der Waals surface area contributed by atoms with Crippen molar-refractivity contribution >= 4 is 39.6 Å². The predicted octanol–water partition coefficient (Wildman–Crippen LogP) is 0.880. The van der Waals surface area contributed by atoms with E-state index in [1.54, 1.807) is 10.9 Å².